The fourth-order valence-corrected chi connectivity index (χ4v) is 1.85. The molecule has 1 rings (SSSR count). The molecule has 0 aliphatic carbocycles. The maximum Gasteiger partial charge on any atom is 0.221 e. The van der Waals surface area contributed by atoms with Gasteiger partial charge in [-0.2, -0.15) is 0 Å². The molecule has 1 aromatic carbocycles. The van der Waals surface area contributed by atoms with Crippen molar-refractivity contribution in [2.45, 2.75) is 45.7 Å². The third kappa shape index (κ3) is 5.25. The Kier molecular flexibility index (Phi) is 5.62. The van der Waals surface area contributed by atoms with Crippen molar-refractivity contribution in [3.63, 3.8) is 0 Å². The zero-order valence-electron chi connectivity index (χ0n) is 12.4. The van der Waals surface area contributed by atoms with E-state index >= 15 is 0 Å². The van der Waals surface area contributed by atoms with Crippen molar-refractivity contribution in [3.8, 4) is 0 Å². The Bertz CT molecular complexity index is 469. The first-order valence-corrected chi connectivity index (χ1v) is 6.69. The van der Waals surface area contributed by atoms with Crippen LogP contribution in [0.1, 0.15) is 45.7 Å². The fourth-order valence-electron chi connectivity index (χ4n) is 1.85. The van der Waals surface area contributed by atoms with E-state index in [1.165, 1.54) is 12.1 Å². The molecule has 2 N–H and O–H groups in total. The molecule has 3 nitrogen and oxygen atoms in total. The van der Waals surface area contributed by atoms with Crippen LogP contribution >= 0.6 is 0 Å². The first kappa shape index (κ1) is 16.6. The van der Waals surface area contributed by atoms with Crippen molar-refractivity contribution in [1.82, 2.24) is 10.6 Å². The molecule has 112 valence electrons. The summed E-state index contributed by atoms with van der Waals surface area (Å²) in [5.74, 6) is -1.77. The number of nitrogens with one attached hydrogen (secondary N) is 2. The van der Waals surface area contributed by atoms with Crippen molar-refractivity contribution in [1.29, 1.82) is 0 Å². The summed E-state index contributed by atoms with van der Waals surface area (Å²) in [6, 6.07) is 3.74. The van der Waals surface area contributed by atoms with E-state index < -0.39 is 11.6 Å². The lowest BCUT2D eigenvalue weighted by molar-refractivity contribution is -0.122. The topological polar surface area (TPSA) is 41.1 Å². The fraction of sp³-hybridized carbons (Fsp3) is 0.533. The molecule has 0 fully saturated rings. The summed E-state index contributed by atoms with van der Waals surface area (Å²) in [6.07, 6.45) is 0.290. The number of hydrogen-bond acceptors (Lipinski definition) is 2. The van der Waals surface area contributed by atoms with E-state index in [2.05, 4.69) is 10.6 Å². The minimum Gasteiger partial charge on any atom is -0.351 e. The first-order chi connectivity index (χ1) is 9.20. The van der Waals surface area contributed by atoms with Gasteiger partial charge in [-0.3, -0.25) is 4.79 Å². The smallest absolute Gasteiger partial charge is 0.221 e. The molecule has 0 radical (unpaired) electrons. The molecule has 0 aliphatic rings. The zero-order chi connectivity index (χ0) is 15.3. The van der Waals surface area contributed by atoms with Crippen molar-refractivity contribution in [2.24, 2.45) is 0 Å². The average Bonchev–Trinajstić information content (AvgIpc) is 2.30. The standard InChI is InChI=1S/C15H22F2N2O/c1-10(11-6-5-7-12(16)14(11)17)18-9-8-13(20)19-15(2,3)4/h5-7,10,18H,8-9H2,1-4H3,(H,19,20). The maximum atomic E-state index is 13.6. The van der Waals surface area contributed by atoms with Crippen molar-refractivity contribution < 1.29 is 13.6 Å². The van der Waals surface area contributed by atoms with Gasteiger partial charge in [0.1, 0.15) is 0 Å². The van der Waals surface area contributed by atoms with Crippen LogP contribution in [-0.4, -0.2) is 18.0 Å². The van der Waals surface area contributed by atoms with Crippen LogP contribution in [0.5, 0.6) is 0 Å². The minimum absolute atomic E-state index is 0.0723. The van der Waals surface area contributed by atoms with E-state index in [-0.39, 0.29) is 23.1 Å². The van der Waals surface area contributed by atoms with Gasteiger partial charge in [-0.1, -0.05) is 12.1 Å². The van der Waals surface area contributed by atoms with Gasteiger partial charge in [-0.25, -0.2) is 8.78 Å². The van der Waals surface area contributed by atoms with Gasteiger partial charge in [-0.15, -0.1) is 0 Å². The van der Waals surface area contributed by atoms with Crippen molar-refractivity contribution >= 4 is 5.91 Å². The molecule has 1 aromatic rings. The van der Waals surface area contributed by atoms with Gasteiger partial charge in [0.15, 0.2) is 11.6 Å². The Labute approximate surface area is 118 Å². The molecule has 1 amide bonds. The van der Waals surface area contributed by atoms with Gasteiger partial charge >= 0.3 is 0 Å². The highest BCUT2D eigenvalue weighted by atomic mass is 19.2. The van der Waals surface area contributed by atoms with E-state index in [0.29, 0.717) is 13.0 Å². The monoisotopic (exact) mass is 284 g/mol. The molecule has 0 aromatic heterocycles. The summed E-state index contributed by atoms with van der Waals surface area (Å²) in [6.45, 7) is 7.85. The van der Waals surface area contributed by atoms with Gasteiger partial charge in [-0.05, 0) is 33.8 Å². The van der Waals surface area contributed by atoms with Crippen LogP contribution in [-0.2, 0) is 4.79 Å². The molecule has 20 heavy (non-hydrogen) atoms. The molecule has 0 saturated heterocycles. The molecular formula is C15H22F2N2O. The Morgan fingerprint density at radius 2 is 1.95 bits per heavy atom. The van der Waals surface area contributed by atoms with Crippen molar-refractivity contribution in [3.05, 3.63) is 35.4 Å². The van der Waals surface area contributed by atoms with Crippen LogP contribution < -0.4 is 10.6 Å². The van der Waals surface area contributed by atoms with Crippen LogP contribution in [0.15, 0.2) is 18.2 Å². The summed E-state index contributed by atoms with van der Waals surface area (Å²) in [5.41, 5.74) is -0.00147. The molecule has 0 aliphatic heterocycles. The van der Waals surface area contributed by atoms with Crippen molar-refractivity contribution in [2.75, 3.05) is 6.54 Å². The van der Waals surface area contributed by atoms with E-state index in [1.807, 2.05) is 20.8 Å². The highest BCUT2D eigenvalue weighted by Crippen LogP contribution is 2.18. The third-order valence-electron chi connectivity index (χ3n) is 2.76. The Morgan fingerprint density at radius 3 is 2.55 bits per heavy atom. The van der Waals surface area contributed by atoms with E-state index in [0.717, 1.165) is 6.07 Å². The van der Waals surface area contributed by atoms with Crippen LogP contribution in [0.4, 0.5) is 8.78 Å². The Balaban J connectivity index is 2.46. The lowest BCUT2D eigenvalue weighted by atomic mass is 10.1. The van der Waals surface area contributed by atoms with Gasteiger partial charge in [0.2, 0.25) is 5.91 Å². The number of carbonyl (C=O) groups excluding carboxylic acids is 1. The van der Waals surface area contributed by atoms with Gasteiger partial charge in [0.05, 0.1) is 0 Å². The van der Waals surface area contributed by atoms with Gasteiger partial charge < -0.3 is 10.6 Å². The number of hydrogen-bond donors (Lipinski definition) is 2. The van der Waals surface area contributed by atoms with Crippen LogP contribution in [0, 0.1) is 11.6 Å². The molecular weight excluding hydrogens is 262 g/mol. The molecule has 0 bridgehead atoms. The highest BCUT2D eigenvalue weighted by Gasteiger charge is 2.16. The summed E-state index contributed by atoms with van der Waals surface area (Å²) < 4.78 is 26.7. The predicted molar refractivity (Wildman–Crippen MR) is 75.3 cm³/mol. The average molecular weight is 284 g/mol. The minimum atomic E-state index is -0.860. The Morgan fingerprint density at radius 1 is 1.30 bits per heavy atom. The summed E-state index contributed by atoms with van der Waals surface area (Å²) in [5, 5.41) is 5.86. The molecule has 5 heteroatoms. The van der Waals surface area contributed by atoms with Crippen LogP contribution in [0.2, 0.25) is 0 Å². The number of rotatable bonds is 5. The van der Waals surface area contributed by atoms with E-state index in [1.54, 1.807) is 6.92 Å². The van der Waals surface area contributed by atoms with E-state index in [9.17, 15) is 13.6 Å². The number of amides is 1. The second-order valence-electron chi connectivity index (χ2n) is 5.87. The first-order valence-electron chi connectivity index (χ1n) is 6.69. The normalized spacial score (nSPS) is 13.1. The number of benzene rings is 1. The van der Waals surface area contributed by atoms with E-state index in [4.69, 9.17) is 0 Å². The van der Waals surface area contributed by atoms with Gasteiger partial charge in [0.25, 0.3) is 0 Å². The number of halogens is 2. The quantitative estimate of drug-likeness (QED) is 0.873. The summed E-state index contributed by atoms with van der Waals surface area (Å²) in [7, 11) is 0. The molecule has 0 heterocycles. The zero-order valence-corrected chi connectivity index (χ0v) is 12.4. The lowest BCUT2D eigenvalue weighted by Gasteiger charge is -2.21. The molecule has 0 saturated carbocycles. The Hall–Kier alpha value is -1.49. The number of carbonyl (C=O) groups is 1. The SMILES string of the molecule is CC(NCCC(=O)NC(C)(C)C)c1cccc(F)c1F. The third-order valence-corrected chi connectivity index (χ3v) is 2.76. The molecule has 1 atom stereocenters. The predicted octanol–water partition coefficient (Wildman–Crippen LogP) is 2.92. The lowest BCUT2D eigenvalue weighted by Crippen LogP contribution is -2.41. The van der Waals surface area contributed by atoms with Crippen LogP contribution in [0.25, 0.3) is 0 Å². The molecule has 0 spiro atoms. The van der Waals surface area contributed by atoms with Crippen LogP contribution in [0.3, 0.4) is 0 Å². The largest absolute Gasteiger partial charge is 0.351 e. The molecule has 1 unspecified atom stereocenters. The maximum absolute atomic E-state index is 13.6. The summed E-state index contributed by atoms with van der Waals surface area (Å²) >= 11 is 0. The van der Waals surface area contributed by atoms with Gasteiger partial charge in [0, 0.05) is 30.1 Å². The second kappa shape index (κ2) is 6.79. The highest BCUT2D eigenvalue weighted by molar-refractivity contribution is 5.76. The summed E-state index contributed by atoms with van der Waals surface area (Å²) in [4.78, 5) is 11.6. The second-order valence-corrected chi connectivity index (χ2v) is 5.87.